The molecule has 0 aromatic heterocycles. The molecule has 4 heteroatoms. The molecule has 0 aliphatic heterocycles. The summed E-state index contributed by atoms with van der Waals surface area (Å²) in [6.07, 6.45) is 13.7. The Morgan fingerprint density at radius 1 is 0.667 bits per heavy atom. The van der Waals surface area contributed by atoms with Crippen LogP contribution in [0.4, 0.5) is 0 Å². The van der Waals surface area contributed by atoms with Gasteiger partial charge in [0.15, 0.2) is 0 Å². The van der Waals surface area contributed by atoms with Gasteiger partial charge in [-0.2, -0.15) is 0 Å². The van der Waals surface area contributed by atoms with Crippen LogP contribution in [0.1, 0.15) is 76.3 Å². The first-order valence-corrected chi connectivity index (χ1v) is 15.9. The van der Waals surface area contributed by atoms with Crippen LogP contribution in [0.15, 0.2) is 48.5 Å². The van der Waals surface area contributed by atoms with Gasteiger partial charge in [0.05, 0.1) is 0 Å². The maximum absolute atomic E-state index is 4.91. The lowest BCUT2D eigenvalue weighted by atomic mass is 9.86. The van der Waals surface area contributed by atoms with Gasteiger partial charge in [0.25, 0.3) is 0 Å². The van der Waals surface area contributed by atoms with Crippen molar-refractivity contribution in [1.82, 2.24) is 0 Å². The van der Waals surface area contributed by atoms with Crippen molar-refractivity contribution < 1.29 is 0 Å². The zero-order valence-corrected chi connectivity index (χ0v) is 21.6. The Morgan fingerprint density at radius 3 is 1.93 bits per heavy atom. The summed E-state index contributed by atoms with van der Waals surface area (Å²) in [5.41, 5.74) is 3.17. The molecule has 0 bridgehead atoms. The minimum Gasteiger partial charge on any atom is -0.125 e. The molecule has 0 fully saturated rings. The van der Waals surface area contributed by atoms with E-state index in [9.17, 15) is 0 Å². The molecule has 1 radical (unpaired) electrons. The van der Waals surface area contributed by atoms with Gasteiger partial charge in [-0.3, -0.25) is 0 Å². The van der Waals surface area contributed by atoms with Crippen LogP contribution < -0.4 is 0 Å². The van der Waals surface area contributed by atoms with Crippen LogP contribution in [0, 0.1) is 0 Å². The van der Waals surface area contributed by atoms with E-state index in [0.717, 1.165) is 0 Å². The van der Waals surface area contributed by atoms with E-state index in [1.54, 1.807) is 11.1 Å². The molecule has 30 heavy (non-hydrogen) atoms. The van der Waals surface area contributed by atoms with Gasteiger partial charge in [-0.1, -0.05) is 101 Å². The van der Waals surface area contributed by atoms with Gasteiger partial charge < -0.3 is 0 Å². The highest BCUT2D eigenvalue weighted by atomic mass is 35.8. The van der Waals surface area contributed by atoms with Gasteiger partial charge in [-0.05, 0) is 58.4 Å². The molecular formula is C26H34Cl3Si. The number of hydrogen-bond acceptors (Lipinski definition) is 0. The summed E-state index contributed by atoms with van der Waals surface area (Å²) >= 11 is 14.7. The number of benzene rings is 3. The highest BCUT2D eigenvalue weighted by molar-refractivity contribution is 7.54. The fraction of sp³-hybridized carbons (Fsp3) is 0.462. The maximum Gasteiger partial charge on any atom is 0.376 e. The topological polar surface area (TPSA) is 0 Å². The standard InChI is InChI=1S/C18H16.C8H18.Cl3Si/c1-3-7-15-13(5-1)9-11-18-16-8-4-2-6-14(16)10-12-17(15)18;1-3-5-7-8-6-4-2;1-4(2)3/h1,3,5,7,9-12H,2,4,6,8H2;3-8H2,1-2H3;. The predicted molar refractivity (Wildman–Crippen MR) is 140 cm³/mol. The average molecular weight is 481 g/mol. The predicted octanol–water partition coefficient (Wildman–Crippen LogP) is 9.93. The second-order valence-corrected chi connectivity index (χ2v) is 13.5. The van der Waals surface area contributed by atoms with Crippen molar-refractivity contribution in [3.8, 4) is 0 Å². The molecular weight excluding hydrogens is 447 g/mol. The Hall–Kier alpha value is -0.733. The molecule has 0 amide bonds. The normalized spacial score (nSPS) is 12.7. The lowest BCUT2D eigenvalue weighted by Crippen LogP contribution is -2.02. The first kappa shape index (κ1) is 25.5. The Morgan fingerprint density at radius 2 is 1.27 bits per heavy atom. The molecule has 3 aromatic carbocycles. The Labute approximate surface area is 198 Å². The maximum atomic E-state index is 4.91. The number of unbranched alkanes of at least 4 members (excludes halogenated alkanes) is 5. The number of rotatable bonds is 5. The van der Waals surface area contributed by atoms with Gasteiger partial charge in [0.1, 0.15) is 0 Å². The lowest BCUT2D eigenvalue weighted by molar-refractivity contribution is 0.624. The molecule has 0 N–H and O–H groups in total. The lowest BCUT2D eigenvalue weighted by Gasteiger charge is -2.18. The highest BCUT2D eigenvalue weighted by Gasteiger charge is 2.13. The van der Waals surface area contributed by atoms with Gasteiger partial charge >= 0.3 is 6.73 Å². The zero-order valence-electron chi connectivity index (χ0n) is 18.3. The third-order valence-corrected chi connectivity index (χ3v) is 5.71. The average Bonchev–Trinajstić information content (AvgIpc) is 2.76. The van der Waals surface area contributed by atoms with Crippen molar-refractivity contribution in [3.05, 3.63) is 59.7 Å². The van der Waals surface area contributed by atoms with Crippen LogP contribution in [-0.4, -0.2) is 6.73 Å². The van der Waals surface area contributed by atoms with E-state index in [0.29, 0.717) is 0 Å². The first-order chi connectivity index (χ1) is 14.6. The van der Waals surface area contributed by atoms with Gasteiger partial charge in [-0.15, -0.1) is 33.2 Å². The Balaban J connectivity index is 0.000000226. The van der Waals surface area contributed by atoms with Crippen LogP contribution in [0.5, 0.6) is 0 Å². The van der Waals surface area contributed by atoms with Gasteiger partial charge in [0, 0.05) is 0 Å². The van der Waals surface area contributed by atoms with E-state index < -0.39 is 6.73 Å². The van der Waals surface area contributed by atoms with E-state index in [-0.39, 0.29) is 0 Å². The van der Waals surface area contributed by atoms with Crippen molar-refractivity contribution in [3.63, 3.8) is 0 Å². The van der Waals surface area contributed by atoms with Gasteiger partial charge in [0.2, 0.25) is 0 Å². The molecule has 0 spiro atoms. The van der Waals surface area contributed by atoms with Crippen LogP contribution in [-0.2, 0) is 12.8 Å². The minimum atomic E-state index is -1.46. The minimum absolute atomic E-state index is 1.25. The number of hydrogen-bond donors (Lipinski definition) is 0. The quantitative estimate of drug-likeness (QED) is 0.147. The second kappa shape index (κ2) is 14.4. The largest absolute Gasteiger partial charge is 0.376 e. The SMILES string of the molecule is CCCCCCCC.Cl[Si](Cl)Cl.c1ccc2c(c1)ccc1c3c(ccc12)CCCC3. The molecule has 0 saturated heterocycles. The smallest absolute Gasteiger partial charge is 0.125 e. The molecule has 3 aromatic rings. The van der Waals surface area contributed by atoms with E-state index in [1.165, 1.54) is 85.8 Å². The van der Waals surface area contributed by atoms with E-state index in [2.05, 4.69) is 62.4 Å². The molecule has 4 rings (SSSR count). The van der Waals surface area contributed by atoms with Crippen molar-refractivity contribution in [1.29, 1.82) is 0 Å². The highest BCUT2D eigenvalue weighted by Crippen LogP contribution is 2.33. The second-order valence-electron chi connectivity index (χ2n) is 7.92. The third-order valence-electron chi connectivity index (χ3n) is 5.71. The summed E-state index contributed by atoms with van der Waals surface area (Å²) in [6, 6.07) is 18.0. The summed E-state index contributed by atoms with van der Waals surface area (Å²) in [7, 11) is 0. The molecule has 0 nitrogen and oxygen atoms in total. The van der Waals surface area contributed by atoms with E-state index in [4.69, 9.17) is 33.2 Å². The van der Waals surface area contributed by atoms with Crippen molar-refractivity contribution in [2.45, 2.75) is 78.1 Å². The summed E-state index contributed by atoms with van der Waals surface area (Å²) in [5.74, 6) is 0. The van der Waals surface area contributed by atoms with Crippen LogP contribution >= 0.6 is 33.2 Å². The van der Waals surface area contributed by atoms with Crippen molar-refractivity contribution in [2.24, 2.45) is 0 Å². The summed E-state index contributed by atoms with van der Waals surface area (Å²) in [4.78, 5) is 0. The number of halogens is 3. The van der Waals surface area contributed by atoms with E-state index >= 15 is 0 Å². The number of aryl methyl sites for hydroxylation is 2. The Kier molecular flexibility index (Phi) is 12.2. The summed E-state index contributed by atoms with van der Waals surface area (Å²) in [6.45, 7) is 3.05. The third kappa shape index (κ3) is 8.08. The molecule has 0 heterocycles. The molecule has 163 valence electrons. The number of fused-ring (bicyclic) bond motifs is 5. The fourth-order valence-corrected chi connectivity index (χ4v) is 4.20. The molecule has 1 aliphatic rings. The van der Waals surface area contributed by atoms with Gasteiger partial charge in [-0.25, -0.2) is 0 Å². The molecule has 0 unspecified atom stereocenters. The fourth-order valence-electron chi connectivity index (χ4n) is 4.20. The molecule has 0 atom stereocenters. The molecule has 1 aliphatic carbocycles. The first-order valence-electron chi connectivity index (χ1n) is 11.3. The Bertz CT molecular complexity index is 883. The summed E-state index contributed by atoms with van der Waals surface area (Å²) < 4.78 is 0. The zero-order chi connectivity index (χ0) is 21.8. The van der Waals surface area contributed by atoms with Crippen molar-refractivity contribution in [2.75, 3.05) is 0 Å². The molecule has 0 saturated carbocycles. The summed E-state index contributed by atoms with van der Waals surface area (Å²) in [5, 5.41) is 5.64. The van der Waals surface area contributed by atoms with E-state index in [1.807, 2.05) is 0 Å². The van der Waals surface area contributed by atoms with Crippen molar-refractivity contribution >= 4 is 61.5 Å². The monoisotopic (exact) mass is 479 g/mol. The van der Waals surface area contributed by atoms with Crippen LogP contribution in [0.2, 0.25) is 0 Å². The van der Waals surface area contributed by atoms with Crippen LogP contribution in [0.3, 0.4) is 0 Å². The van der Waals surface area contributed by atoms with Crippen LogP contribution in [0.25, 0.3) is 21.5 Å².